The number of nitriles is 1. The van der Waals surface area contributed by atoms with E-state index in [9.17, 15) is 4.79 Å². The molecule has 3 heteroatoms. The molecule has 0 fully saturated rings. The molecule has 0 unspecified atom stereocenters. The smallest absolute Gasteiger partial charge is 0.173 e. The Morgan fingerprint density at radius 3 is 2.79 bits per heavy atom. The van der Waals surface area contributed by atoms with Gasteiger partial charge in [-0.15, -0.1) is 0 Å². The van der Waals surface area contributed by atoms with E-state index in [0.717, 1.165) is 12.0 Å². The first-order chi connectivity index (χ1) is 6.72. The molecule has 0 saturated carbocycles. The number of hydrogen-bond donors (Lipinski definition) is 0. The van der Waals surface area contributed by atoms with Gasteiger partial charge in [0.2, 0.25) is 0 Å². The van der Waals surface area contributed by atoms with Crippen LogP contribution in [0.3, 0.4) is 0 Å². The third-order valence-corrected chi connectivity index (χ3v) is 2.56. The quantitative estimate of drug-likeness (QED) is 0.613. The molecule has 2 nitrogen and oxygen atoms in total. The fraction of sp³-hybridized carbons (Fsp3) is 0.273. The van der Waals surface area contributed by atoms with Crippen LogP contribution in [-0.4, -0.2) is 11.1 Å². The molecule has 0 aliphatic heterocycles. The first kappa shape index (κ1) is 10.9. The van der Waals surface area contributed by atoms with Crippen LogP contribution in [0.1, 0.15) is 28.4 Å². The number of ketones is 1. The van der Waals surface area contributed by atoms with Gasteiger partial charge in [0, 0.05) is 5.56 Å². The van der Waals surface area contributed by atoms with Crippen molar-refractivity contribution >= 4 is 21.7 Å². The Bertz CT molecular complexity index is 393. The zero-order valence-corrected chi connectivity index (χ0v) is 9.47. The highest BCUT2D eigenvalue weighted by Gasteiger charge is 2.07. The van der Waals surface area contributed by atoms with Gasteiger partial charge < -0.3 is 0 Å². The van der Waals surface area contributed by atoms with Gasteiger partial charge in [-0.25, -0.2) is 0 Å². The van der Waals surface area contributed by atoms with Crippen LogP contribution in [0.2, 0.25) is 0 Å². The lowest BCUT2D eigenvalue weighted by atomic mass is 10.0. The molecule has 0 bridgehead atoms. The Labute approximate surface area is 91.7 Å². The summed E-state index contributed by atoms with van der Waals surface area (Å²) in [5, 5.41) is 9.15. The van der Waals surface area contributed by atoms with Crippen molar-refractivity contribution in [3.05, 3.63) is 34.9 Å². The topological polar surface area (TPSA) is 40.9 Å². The highest BCUT2D eigenvalue weighted by molar-refractivity contribution is 9.09. The summed E-state index contributed by atoms with van der Waals surface area (Å²) in [6.45, 7) is 1.99. The van der Waals surface area contributed by atoms with E-state index in [1.807, 2.05) is 13.0 Å². The molecule has 0 amide bonds. The summed E-state index contributed by atoms with van der Waals surface area (Å²) in [4.78, 5) is 11.3. The fourth-order valence-electron chi connectivity index (χ4n) is 1.24. The van der Waals surface area contributed by atoms with Crippen LogP contribution in [0.25, 0.3) is 0 Å². The van der Waals surface area contributed by atoms with E-state index in [1.54, 1.807) is 12.1 Å². The minimum atomic E-state index is 0.00385. The number of halogens is 1. The number of hydrogen-bond acceptors (Lipinski definition) is 2. The van der Waals surface area contributed by atoms with Crippen LogP contribution in [0.5, 0.6) is 0 Å². The summed E-state index contributed by atoms with van der Waals surface area (Å²) in [6, 6.07) is 7.36. The van der Waals surface area contributed by atoms with Gasteiger partial charge in [-0.3, -0.25) is 4.79 Å². The molecule has 0 aliphatic carbocycles. The summed E-state index contributed by atoms with van der Waals surface area (Å²) < 4.78 is 0. The maximum absolute atomic E-state index is 11.3. The number of carbonyl (C=O) groups is 1. The van der Waals surface area contributed by atoms with Gasteiger partial charge >= 0.3 is 0 Å². The van der Waals surface area contributed by atoms with E-state index in [-0.39, 0.29) is 5.78 Å². The Morgan fingerprint density at radius 1 is 1.57 bits per heavy atom. The third-order valence-electron chi connectivity index (χ3n) is 2.05. The molecule has 0 aliphatic rings. The summed E-state index contributed by atoms with van der Waals surface area (Å²) in [5.74, 6) is 0.00385. The van der Waals surface area contributed by atoms with Gasteiger partial charge in [0.05, 0.1) is 17.0 Å². The monoisotopic (exact) mass is 251 g/mol. The van der Waals surface area contributed by atoms with Crippen LogP contribution in [-0.2, 0) is 6.42 Å². The maximum Gasteiger partial charge on any atom is 0.173 e. The number of benzene rings is 1. The second kappa shape index (κ2) is 4.92. The number of carbonyl (C=O) groups excluding carboxylic acids is 1. The molecule has 14 heavy (non-hydrogen) atoms. The fourth-order valence-corrected chi connectivity index (χ4v) is 1.56. The van der Waals surface area contributed by atoms with Gasteiger partial charge in [0.1, 0.15) is 0 Å². The molecule has 1 aromatic rings. The predicted octanol–water partition coefficient (Wildman–Crippen LogP) is 2.70. The van der Waals surface area contributed by atoms with Gasteiger partial charge in [0.25, 0.3) is 0 Å². The van der Waals surface area contributed by atoms with Crippen molar-refractivity contribution in [1.29, 1.82) is 5.26 Å². The molecule has 0 radical (unpaired) electrons. The van der Waals surface area contributed by atoms with Crippen molar-refractivity contribution in [1.82, 2.24) is 0 Å². The summed E-state index contributed by atoms with van der Waals surface area (Å²) in [5.41, 5.74) is 2.17. The lowest BCUT2D eigenvalue weighted by Crippen LogP contribution is -2.01. The van der Waals surface area contributed by atoms with Gasteiger partial charge in [0.15, 0.2) is 5.78 Å². The minimum absolute atomic E-state index is 0.00385. The van der Waals surface area contributed by atoms with Gasteiger partial charge in [-0.2, -0.15) is 5.26 Å². The molecule has 1 aromatic carbocycles. The molecule has 0 saturated heterocycles. The first-order valence-corrected chi connectivity index (χ1v) is 5.47. The first-order valence-electron chi connectivity index (χ1n) is 4.35. The Morgan fingerprint density at radius 2 is 2.29 bits per heavy atom. The molecule has 72 valence electrons. The number of rotatable bonds is 3. The van der Waals surface area contributed by atoms with E-state index < -0.39 is 0 Å². The molecule has 1 rings (SSSR count). The minimum Gasteiger partial charge on any atom is -0.293 e. The van der Waals surface area contributed by atoms with E-state index in [2.05, 4.69) is 22.0 Å². The lowest BCUT2D eigenvalue weighted by molar-refractivity contribution is 0.102. The lowest BCUT2D eigenvalue weighted by Gasteiger charge is -2.02. The van der Waals surface area contributed by atoms with Crippen LogP contribution < -0.4 is 0 Å². The number of aryl methyl sites for hydroxylation is 1. The highest BCUT2D eigenvalue weighted by atomic mass is 79.9. The zero-order chi connectivity index (χ0) is 10.6. The molecule has 0 atom stereocenters. The van der Waals surface area contributed by atoms with Crippen LogP contribution in [0.15, 0.2) is 18.2 Å². The maximum atomic E-state index is 11.3. The SMILES string of the molecule is CCc1ccc(C(=O)CBr)cc1C#N. The van der Waals surface area contributed by atoms with Crippen molar-refractivity contribution in [2.45, 2.75) is 13.3 Å². The Balaban J connectivity index is 3.15. The summed E-state index contributed by atoms with van der Waals surface area (Å²) >= 11 is 3.10. The Kier molecular flexibility index (Phi) is 3.84. The van der Waals surface area contributed by atoms with Crippen molar-refractivity contribution in [3.63, 3.8) is 0 Å². The molecule has 0 aromatic heterocycles. The van der Waals surface area contributed by atoms with E-state index in [4.69, 9.17) is 5.26 Å². The van der Waals surface area contributed by atoms with Crippen LogP contribution in [0.4, 0.5) is 0 Å². The summed E-state index contributed by atoms with van der Waals surface area (Å²) in [7, 11) is 0. The second-order valence-electron chi connectivity index (χ2n) is 2.89. The molecule has 0 N–H and O–H groups in total. The van der Waals surface area contributed by atoms with Crippen LogP contribution >= 0.6 is 15.9 Å². The van der Waals surface area contributed by atoms with E-state index >= 15 is 0 Å². The Hall–Kier alpha value is -1.14. The second-order valence-corrected chi connectivity index (χ2v) is 3.45. The van der Waals surface area contributed by atoms with Crippen molar-refractivity contribution in [2.75, 3.05) is 5.33 Å². The van der Waals surface area contributed by atoms with Gasteiger partial charge in [-0.05, 0) is 18.1 Å². The van der Waals surface area contributed by atoms with Gasteiger partial charge in [-0.1, -0.05) is 35.0 Å². The van der Waals surface area contributed by atoms with Crippen LogP contribution in [0, 0.1) is 11.3 Å². The molecular weight excluding hydrogens is 242 g/mol. The zero-order valence-electron chi connectivity index (χ0n) is 7.88. The van der Waals surface area contributed by atoms with Crippen molar-refractivity contribution in [3.8, 4) is 6.07 Å². The van der Waals surface area contributed by atoms with Crippen molar-refractivity contribution in [2.24, 2.45) is 0 Å². The highest BCUT2D eigenvalue weighted by Crippen LogP contribution is 2.13. The average molecular weight is 252 g/mol. The number of alkyl halides is 1. The van der Waals surface area contributed by atoms with Crippen molar-refractivity contribution < 1.29 is 4.79 Å². The standard InChI is InChI=1S/C11H10BrNO/c1-2-8-3-4-9(11(14)6-12)5-10(8)7-13/h3-5H,2,6H2,1H3. The predicted molar refractivity (Wildman–Crippen MR) is 58.7 cm³/mol. The van der Waals surface area contributed by atoms with E-state index in [1.165, 1.54) is 0 Å². The molecular formula is C11H10BrNO. The summed E-state index contributed by atoms with van der Waals surface area (Å²) in [6.07, 6.45) is 0.811. The number of Topliss-reactive ketones (excluding diaryl/α,β-unsaturated/α-hetero) is 1. The van der Waals surface area contributed by atoms with E-state index in [0.29, 0.717) is 16.5 Å². The average Bonchev–Trinajstić information content (AvgIpc) is 2.26. The third kappa shape index (κ3) is 2.21. The molecule has 0 heterocycles. The molecule has 0 spiro atoms. The largest absolute Gasteiger partial charge is 0.293 e. The number of nitrogens with zero attached hydrogens (tertiary/aromatic N) is 1. The normalized spacial score (nSPS) is 9.50.